The van der Waals surface area contributed by atoms with Gasteiger partial charge in [0.05, 0.1) is 0 Å². The number of anilines is 2. The second-order valence-electron chi connectivity index (χ2n) is 4.86. The molecule has 1 aromatic heterocycles. The molecule has 1 unspecified atom stereocenters. The summed E-state index contributed by atoms with van der Waals surface area (Å²) in [5, 5.41) is 6.85. The molecule has 100 valence electrons. The quantitative estimate of drug-likeness (QED) is 0.800. The van der Waals surface area contributed by atoms with Crippen LogP contribution in [0, 0.1) is 0 Å². The minimum absolute atomic E-state index is 0.580. The molecule has 0 aliphatic carbocycles. The van der Waals surface area contributed by atoms with E-state index in [1.54, 1.807) is 6.33 Å². The Morgan fingerprint density at radius 2 is 2.39 bits per heavy atom. The van der Waals surface area contributed by atoms with Crippen LogP contribution >= 0.6 is 0 Å². The van der Waals surface area contributed by atoms with Crippen molar-refractivity contribution in [3.63, 3.8) is 0 Å². The summed E-state index contributed by atoms with van der Waals surface area (Å²) >= 11 is 0. The maximum absolute atomic E-state index is 4.30. The monoisotopic (exact) mass is 249 g/mol. The third-order valence-electron chi connectivity index (χ3n) is 3.29. The molecule has 0 radical (unpaired) electrons. The molecule has 1 aliphatic heterocycles. The summed E-state index contributed by atoms with van der Waals surface area (Å²) in [5.74, 6) is 1.89. The summed E-state index contributed by atoms with van der Waals surface area (Å²) in [6, 6.07) is 2.60. The molecule has 0 amide bonds. The van der Waals surface area contributed by atoms with Crippen LogP contribution in [0.3, 0.4) is 0 Å². The molecule has 1 fully saturated rings. The Labute approximate surface area is 109 Å². The fourth-order valence-electron chi connectivity index (χ4n) is 2.26. The maximum atomic E-state index is 4.30. The minimum Gasteiger partial charge on any atom is -0.368 e. The highest BCUT2D eigenvalue weighted by molar-refractivity contribution is 5.47. The molecule has 18 heavy (non-hydrogen) atoms. The molecular formula is C13H23N5. The van der Waals surface area contributed by atoms with E-state index < -0.39 is 0 Å². The zero-order valence-corrected chi connectivity index (χ0v) is 11.3. The van der Waals surface area contributed by atoms with Crippen LogP contribution in [0.1, 0.15) is 26.2 Å². The topological polar surface area (TPSA) is 53.1 Å². The predicted molar refractivity (Wildman–Crippen MR) is 75.1 cm³/mol. The Kier molecular flexibility index (Phi) is 4.75. The van der Waals surface area contributed by atoms with Crippen molar-refractivity contribution in [2.45, 2.75) is 32.2 Å². The first kappa shape index (κ1) is 13.1. The Morgan fingerprint density at radius 1 is 1.50 bits per heavy atom. The van der Waals surface area contributed by atoms with E-state index >= 15 is 0 Å². The number of hydrogen-bond acceptors (Lipinski definition) is 5. The average molecular weight is 249 g/mol. The van der Waals surface area contributed by atoms with Crippen LogP contribution in [0.5, 0.6) is 0 Å². The standard InChI is InChI=1S/C13H23N5/c1-3-7-18(2)13-8-12(16-10-17-13)15-9-11-5-4-6-14-11/h8,10-11,14H,3-7,9H2,1-2H3,(H,15,16,17). The van der Waals surface area contributed by atoms with Gasteiger partial charge in [0.2, 0.25) is 0 Å². The van der Waals surface area contributed by atoms with E-state index in [1.165, 1.54) is 12.8 Å². The van der Waals surface area contributed by atoms with Gasteiger partial charge in [-0.3, -0.25) is 0 Å². The van der Waals surface area contributed by atoms with E-state index in [2.05, 4.69) is 39.5 Å². The molecule has 1 saturated heterocycles. The first-order chi connectivity index (χ1) is 8.79. The van der Waals surface area contributed by atoms with Gasteiger partial charge in [0, 0.05) is 32.2 Å². The van der Waals surface area contributed by atoms with Crippen LogP contribution in [-0.4, -0.2) is 42.7 Å². The molecule has 1 atom stereocenters. The Balaban J connectivity index is 1.89. The van der Waals surface area contributed by atoms with Crippen molar-refractivity contribution in [1.29, 1.82) is 0 Å². The van der Waals surface area contributed by atoms with E-state index in [-0.39, 0.29) is 0 Å². The minimum atomic E-state index is 0.580. The lowest BCUT2D eigenvalue weighted by Gasteiger charge is -2.18. The van der Waals surface area contributed by atoms with Gasteiger partial charge in [-0.15, -0.1) is 0 Å². The van der Waals surface area contributed by atoms with Crippen molar-refractivity contribution >= 4 is 11.6 Å². The van der Waals surface area contributed by atoms with Crippen LogP contribution < -0.4 is 15.5 Å². The third-order valence-corrected chi connectivity index (χ3v) is 3.29. The van der Waals surface area contributed by atoms with E-state index in [0.29, 0.717) is 6.04 Å². The highest BCUT2D eigenvalue weighted by Gasteiger charge is 2.13. The highest BCUT2D eigenvalue weighted by Crippen LogP contribution is 2.13. The van der Waals surface area contributed by atoms with Crippen molar-refractivity contribution < 1.29 is 0 Å². The summed E-state index contributed by atoms with van der Waals surface area (Å²) < 4.78 is 0. The van der Waals surface area contributed by atoms with Crippen LogP contribution in [0.15, 0.2) is 12.4 Å². The fourth-order valence-corrected chi connectivity index (χ4v) is 2.26. The van der Waals surface area contributed by atoms with Gasteiger partial charge in [-0.25, -0.2) is 9.97 Å². The molecule has 0 saturated carbocycles. The Hall–Kier alpha value is -1.36. The van der Waals surface area contributed by atoms with Gasteiger partial charge in [0.1, 0.15) is 18.0 Å². The number of aromatic nitrogens is 2. The van der Waals surface area contributed by atoms with Gasteiger partial charge < -0.3 is 15.5 Å². The fraction of sp³-hybridized carbons (Fsp3) is 0.692. The number of nitrogens with one attached hydrogen (secondary N) is 2. The van der Waals surface area contributed by atoms with E-state index in [9.17, 15) is 0 Å². The van der Waals surface area contributed by atoms with Gasteiger partial charge in [-0.05, 0) is 25.8 Å². The van der Waals surface area contributed by atoms with Crippen molar-refractivity contribution in [3.05, 3.63) is 12.4 Å². The van der Waals surface area contributed by atoms with Crippen LogP contribution in [0.2, 0.25) is 0 Å². The van der Waals surface area contributed by atoms with Gasteiger partial charge in [-0.1, -0.05) is 6.92 Å². The van der Waals surface area contributed by atoms with Gasteiger partial charge in [0.15, 0.2) is 0 Å². The summed E-state index contributed by atoms with van der Waals surface area (Å²) in [6.07, 6.45) is 5.28. The highest BCUT2D eigenvalue weighted by atomic mass is 15.2. The zero-order chi connectivity index (χ0) is 12.8. The lowest BCUT2D eigenvalue weighted by molar-refractivity contribution is 0.632. The molecule has 0 bridgehead atoms. The van der Waals surface area contributed by atoms with Crippen molar-refractivity contribution in [3.8, 4) is 0 Å². The Bertz CT molecular complexity index is 362. The molecule has 0 spiro atoms. The van der Waals surface area contributed by atoms with Gasteiger partial charge >= 0.3 is 0 Å². The van der Waals surface area contributed by atoms with E-state index in [0.717, 1.165) is 37.7 Å². The lowest BCUT2D eigenvalue weighted by atomic mass is 10.2. The largest absolute Gasteiger partial charge is 0.368 e. The average Bonchev–Trinajstić information content (AvgIpc) is 2.90. The maximum Gasteiger partial charge on any atom is 0.133 e. The van der Waals surface area contributed by atoms with E-state index in [1.807, 2.05) is 6.07 Å². The third kappa shape index (κ3) is 3.57. The summed E-state index contributed by atoms with van der Waals surface area (Å²) in [5.41, 5.74) is 0. The number of hydrogen-bond donors (Lipinski definition) is 2. The summed E-state index contributed by atoms with van der Waals surface area (Å²) in [6.45, 7) is 5.26. The first-order valence-electron chi connectivity index (χ1n) is 6.80. The molecule has 2 N–H and O–H groups in total. The van der Waals surface area contributed by atoms with Crippen molar-refractivity contribution in [1.82, 2.24) is 15.3 Å². The smallest absolute Gasteiger partial charge is 0.133 e. The predicted octanol–water partition coefficient (Wildman–Crippen LogP) is 1.49. The molecular weight excluding hydrogens is 226 g/mol. The molecule has 5 nitrogen and oxygen atoms in total. The van der Waals surface area contributed by atoms with Crippen LogP contribution in [0.25, 0.3) is 0 Å². The second-order valence-corrected chi connectivity index (χ2v) is 4.86. The van der Waals surface area contributed by atoms with E-state index in [4.69, 9.17) is 0 Å². The molecule has 2 heterocycles. The zero-order valence-electron chi connectivity index (χ0n) is 11.3. The first-order valence-corrected chi connectivity index (χ1v) is 6.80. The van der Waals surface area contributed by atoms with Crippen LogP contribution in [0.4, 0.5) is 11.6 Å². The van der Waals surface area contributed by atoms with Crippen molar-refractivity contribution in [2.75, 3.05) is 36.9 Å². The van der Waals surface area contributed by atoms with Gasteiger partial charge in [0.25, 0.3) is 0 Å². The molecule has 5 heteroatoms. The molecule has 2 rings (SSSR count). The van der Waals surface area contributed by atoms with Crippen molar-refractivity contribution in [2.24, 2.45) is 0 Å². The van der Waals surface area contributed by atoms with Gasteiger partial charge in [-0.2, -0.15) is 0 Å². The second kappa shape index (κ2) is 6.54. The molecule has 1 aliphatic rings. The SMILES string of the molecule is CCCN(C)c1cc(NCC2CCCN2)ncn1. The number of rotatable bonds is 6. The molecule has 0 aromatic carbocycles. The van der Waals surface area contributed by atoms with Crippen LogP contribution in [-0.2, 0) is 0 Å². The normalized spacial score (nSPS) is 18.9. The Morgan fingerprint density at radius 3 is 3.11 bits per heavy atom. The molecule has 1 aromatic rings. The lowest BCUT2D eigenvalue weighted by Crippen LogP contribution is -2.29. The summed E-state index contributed by atoms with van der Waals surface area (Å²) in [4.78, 5) is 10.7. The summed E-state index contributed by atoms with van der Waals surface area (Å²) in [7, 11) is 2.06. The number of nitrogens with zero attached hydrogens (tertiary/aromatic N) is 3.